The highest BCUT2D eigenvalue weighted by atomic mass is 35.5. The van der Waals surface area contributed by atoms with E-state index in [4.69, 9.17) is 20.8 Å². The molecule has 0 amide bonds. The Morgan fingerprint density at radius 2 is 2.00 bits per heavy atom. The minimum atomic E-state index is -4.51. The Balaban J connectivity index is 1.62. The predicted octanol–water partition coefficient (Wildman–Crippen LogP) is 4.92. The summed E-state index contributed by atoms with van der Waals surface area (Å²) in [5.41, 5.74) is 1.32. The highest BCUT2D eigenvalue weighted by Gasteiger charge is 2.34. The molecule has 7 nitrogen and oxygen atoms in total. The zero-order chi connectivity index (χ0) is 21.5. The van der Waals surface area contributed by atoms with E-state index in [2.05, 4.69) is 20.3 Å². The normalized spacial score (nSPS) is 11.8. The number of furan rings is 1. The van der Waals surface area contributed by atoms with E-state index < -0.39 is 11.9 Å². The zero-order valence-corrected chi connectivity index (χ0v) is 16.5. The third-order valence-electron chi connectivity index (χ3n) is 4.43. The Morgan fingerprint density at radius 1 is 1.20 bits per heavy atom. The van der Waals surface area contributed by atoms with Crippen molar-refractivity contribution in [1.82, 2.24) is 19.5 Å². The number of fused-ring (bicyclic) bond motifs is 1. The molecule has 0 radical (unpaired) electrons. The van der Waals surface area contributed by atoms with Crippen LogP contribution in [0.3, 0.4) is 0 Å². The third kappa shape index (κ3) is 3.78. The Morgan fingerprint density at radius 3 is 2.70 bits per heavy atom. The van der Waals surface area contributed by atoms with E-state index in [1.54, 1.807) is 24.3 Å². The summed E-state index contributed by atoms with van der Waals surface area (Å²) in [5.74, 6) is 1.08. The van der Waals surface area contributed by atoms with Crippen LogP contribution in [0.4, 0.5) is 19.0 Å². The number of ether oxygens (including phenoxy) is 1. The number of anilines is 1. The van der Waals surface area contributed by atoms with Crippen molar-refractivity contribution in [3.8, 4) is 17.1 Å². The van der Waals surface area contributed by atoms with Crippen LogP contribution in [0.2, 0.25) is 5.28 Å². The summed E-state index contributed by atoms with van der Waals surface area (Å²) in [4.78, 5) is 11.9. The van der Waals surface area contributed by atoms with E-state index in [-0.39, 0.29) is 11.1 Å². The Labute approximate surface area is 173 Å². The number of nitrogens with one attached hydrogen (secondary N) is 1. The van der Waals surface area contributed by atoms with E-state index in [0.29, 0.717) is 34.8 Å². The molecular formula is C19H15ClF3N5O2. The largest absolute Gasteiger partial charge is 0.496 e. The molecule has 0 saturated heterocycles. The highest BCUT2D eigenvalue weighted by molar-refractivity contribution is 6.28. The number of hydrogen-bond acceptors (Lipinski definition) is 6. The Kier molecular flexibility index (Phi) is 5.02. The number of benzene rings is 1. The lowest BCUT2D eigenvalue weighted by molar-refractivity contribution is -0.140. The first-order valence-electron chi connectivity index (χ1n) is 8.68. The van der Waals surface area contributed by atoms with Crippen LogP contribution in [-0.2, 0) is 19.8 Å². The van der Waals surface area contributed by atoms with Crippen LogP contribution in [0.1, 0.15) is 11.3 Å². The number of rotatable bonds is 5. The van der Waals surface area contributed by atoms with Gasteiger partial charge >= 0.3 is 6.18 Å². The van der Waals surface area contributed by atoms with Crippen molar-refractivity contribution in [3.63, 3.8) is 0 Å². The van der Waals surface area contributed by atoms with E-state index in [1.165, 1.54) is 25.0 Å². The van der Waals surface area contributed by atoms with Gasteiger partial charge in [0.05, 0.1) is 13.4 Å². The molecule has 4 rings (SSSR count). The summed E-state index contributed by atoms with van der Waals surface area (Å²) in [7, 11) is 2.99. The molecule has 3 aromatic heterocycles. The second-order valence-corrected chi connectivity index (χ2v) is 6.75. The molecule has 30 heavy (non-hydrogen) atoms. The molecule has 4 aromatic rings. The Bertz CT molecular complexity index is 1220. The molecule has 11 heteroatoms. The average Bonchev–Trinajstić information content (AvgIpc) is 3.32. The van der Waals surface area contributed by atoms with Crippen molar-refractivity contribution in [3.05, 3.63) is 53.3 Å². The topological polar surface area (TPSA) is 78.0 Å². The first-order chi connectivity index (χ1) is 14.3. The van der Waals surface area contributed by atoms with Gasteiger partial charge in [0.1, 0.15) is 17.1 Å². The van der Waals surface area contributed by atoms with Crippen molar-refractivity contribution < 1.29 is 22.3 Å². The Hall–Kier alpha value is -3.27. The van der Waals surface area contributed by atoms with E-state index in [1.807, 2.05) is 0 Å². The number of hydrogen-bond donors (Lipinski definition) is 1. The molecule has 1 N–H and O–H groups in total. The average molecular weight is 438 g/mol. The SMILES string of the molecule is COc1cc(-c2nc(C(F)(F)F)cn2C)ccc1CNc1nc(Cl)nc2ccoc12. The first kappa shape index (κ1) is 20.0. The number of aromatic nitrogens is 4. The lowest BCUT2D eigenvalue weighted by Gasteiger charge is -2.12. The van der Waals surface area contributed by atoms with Gasteiger partial charge in [-0.2, -0.15) is 18.2 Å². The molecule has 0 fully saturated rings. The third-order valence-corrected chi connectivity index (χ3v) is 4.60. The zero-order valence-electron chi connectivity index (χ0n) is 15.8. The van der Waals surface area contributed by atoms with Crippen LogP contribution in [0.5, 0.6) is 5.75 Å². The molecule has 0 spiro atoms. The monoisotopic (exact) mass is 437 g/mol. The molecule has 0 aliphatic rings. The predicted molar refractivity (Wildman–Crippen MR) is 104 cm³/mol. The van der Waals surface area contributed by atoms with Gasteiger partial charge in [0, 0.05) is 37.0 Å². The molecule has 156 valence electrons. The number of halogens is 4. The number of imidazole rings is 1. The van der Waals surface area contributed by atoms with Crippen LogP contribution in [0.25, 0.3) is 22.5 Å². The second-order valence-electron chi connectivity index (χ2n) is 6.41. The van der Waals surface area contributed by atoms with Gasteiger partial charge in [-0.25, -0.2) is 9.97 Å². The minimum absolute atomic E-state index is 0.0731. The maximum atomic E-state index is 12.9. The fraction of sp³-hybridized carbons (Fsp3) is 0.211. The summed E-state index contributed by atoms with van der Waals surface area (Å²) in [6.45, 7) is 0.307. The fourth-order valence-electron chi connectivity index (χ4n) is 3.03. The van der Waals surface area contributed by atoms with Gasteiger partial charge in [0.15, 0.2) is 17.1 Å². The molecule has 1 aromatic carbocycles. The van der Waals surface area contributed by atoms with Gasteiger partial charge in [0.2, 0.25) is 5.28 Å². The molecular weight excluding hydrogens is 423 g/mol. The van der Waals surface area contributed by atoms with E-state index in [9.17, 15) is 13.2 Å². The lowest BCUT2D eigenvalue weighted by Crippen LogP contribution is -2.05. The molecule has 0 bridgehead atoms. The van der Waals surface area contributed by atoms with Crippen LogP contribution in [0.15, 0.2) is 41.1 Å². The highest BCUT2D eigenvalue weighted by Crippen LogP contribution is 2.33. The van der Waals surface area contributed by atoms with E-state index >= 15 is 0 Å². The van der Waals surface area contributed by atoms with Crippen molar-refractivity contribution in [2.24, 2.45) is 7.05 Å². The number of aryl methyl sites for hydroxylation is 1. The number of nitrogens with zero attached hydrogens (tertiary/aromatic N) is 4. The molecule has 0 atom stereocenters. The van der Waals surface area contributed by atoms with Crippen LogP contribution >= 0.6 is 11.6 Å². The summed E-state index contributed by atoms with van der Waals surface area (Å²) in [6.07, 6.45) is -2.08. The molecule has 3 heterocycles. The van der Waals surface area contributed by atoms with Gasteiger partial charge in [-0.15, -0.1) is 0 Å². The molecule has 0 aliphatic heterocycles. The number of alkyl halides is 3. The molecule has 0 saturated carbocycles. The van der Waals surface area contributed by atoms with Gasteiger partial charge in [-0.3, -0.25) is 0 Å². The van der Waals surface area contributed by atoms with E-state index in [0.717, 1.165) is 11.8 Å². The van der Waals surface area contributed by atoms with Gasteiger partial charge in [-0.1, -0.05) is 12.1 Å². The van der Waals surface area contributed by atoms with Gasteiger partial charge in [-0.05, 0) is 17.7 Å². The van der Waals surface area contributed by atoms with Crippen molar-refractivity contribution in [2.75, 3.05) is 12.4 Å². The van der Waals surface area contributed by atoms with Gasteiger partial charge in [0.25, 0.3) is 0 Å². The maximum absolute atomic E-state index is 12.9. The minimum Gasteiger partial charge on any atom is -0.496 e. The number of methoxy groups -OCH3 is 1. The molecule has 0 unspecified atom stereocenters. The van der Waals surface area contributed by atoms with Crippen LogP contribution in [0, 0.1) is 0 Å². The summed E-state index contributed by atoms with van der Waals surface area (Å²) >= 11 is 5.94. The smallest absolute Gasteiger partial charge is 0.434 e. The first-order valence-corrected chi connectivity index (χ1v) is 9.06. The fourth-order valence-corrected chi connectivity index (χ4v) is 3.21. The molecule has 0 aliphatic carbocycles. The van der Waals surface area contributed by atoms with Crippen LogP contribution < -0.4 is 10.1 Å². The lowest BCUT2D eigenvalue weighted by atomic mass is 10.1. The quantitative estimate of drug-likeness (QED) is 0.447. The van der Waals surface area contributed by atoms with Crippen molar-refractivity contribution in [2.45, 2.75) is 12.7 Å². The maximum Gasteiger partial charge on any atom is 0.434 e. The van der Waals surface area contributed by atoms with Gasteiger partial charge < -0.3 is 19.0 Å². The summed E-state index contributed by atoms with van der Waals surface area (Å²) in [6, 6.07) is 6.73. The summed E-state index contributed by atoms with van der Waals surface area (Å²) in [5, 5.41) is 3.19. The van der Waals surface area contributed by atoms with Crippen molar-refractivity contribution >= 4 is 28.5 Å². The van der Waals surface area contributed by atoms with Crippen LogP contribution in [-0.4, -0.2) is 26.6 Å². The summed E-state index contributed by atoms with van der Waals surface area (Å²) < 4.78 is 51.0. The second kappa shape index (κ2) is 7.52. The van der Waals surface area contributed by atoms with Crippen molar-refractivity contribution in [1.29, 1.82) is 0 Å². The standard InChI is InChI=1S/C19H15ClF3N5O2/c1-28-9-14(19(21,22)23)26-17(28)10-3-4-11(13(7-10)29-2)8-24-16-15-12(5-6-30-15)25-18(20)27-16/h3-7,9H,8H2,1-2H3,(H,24,25,27).